The molecule has 1 aromatic carbocycles. The zero-order valence-electron chi connectivity index (χ0n) is 15.4. The Labute approximate surface area is 161 Å². The number of nitrogens with zero attached hydrogens (tertiary/aromatic N) is 1. The molecule has 146 valence electrons. The molecular weight excluding hydrogens is 356 g/mol. The average Bonchev–Trinajstić information content (AvgIpc) is 2.59. The van der Waals surface area contributed by atoms with Gasteiger partial charge in [-0.05, 0) is 44.4 Å². The van der Waals surface area contributed by atoms with E-state index >= 15 is 0 Å². The Hall–Kier alpha value is -1.63. The smallest absolute Gasteiger partial charge is 0.307 e. The number of carbonyl (C=O) groups is 2. The third-order valence-corrected chi connectivity index (χ3v) is 4.32. The molecule has 2 N–H and O–H groups in total. The summed E-state index contributed by atoms with van der Waals surface area (Å²) in [5, 5.41) is 12.0. The van der Waals surface area contributed by atoms with Gasteiger partial charge in [0, 0.05) is 13.1 Å². The van der Waals surface area contributed by atoms with Gasteiger partial charge in [-0.25, -0.2) is 0 Å². The molecule has 1 unspecified atom stereocenters. The molecule has 0 aliphatic carbocycles. The third kappa shape index (κ3) is 7.72. The highest BCUT2D eigenvalue weighted by Crippen LogP contribution is 2.16. The number of carbonyl (C=O) groups excluding carboxylic acids is 1. The molecule has 7 heteroatoms. The molecule has 1 heterocycles. The average molecular weight is 385 g/mol. The van der Waals surface area contributed by atoms with Crippen molar-refractivity contribution in [3.8, 4) is 0 Å². The molecule has 1 aromatic rings. The van der Waals surface area contributed by atoms with E-state index in [1.165, 1.54) is 0 Å². The first-order valence-corrected chi connectivity index (χ1v) is 8.85. The zero-order chi connectivity index (χ0) is 18.2. The lowest BCUT2D eigenvalue weighted by atomic mass is 9.98. The van der Waals surface area contributed by atoms with Crippen LogP contribution in [0.15, 0.2) is 24.3 Å². The number of carboxylic acids is 1. The number of halogens is 1. The van der Waals surface area contributed by atoms with Crippen molar-refractivity contribution in [3.05, 3.63) is 35.4 Å². The van der Waals surface area contributed by atoms with Crippen molar-refractivity contribution in [2.75, 3.05) is 19.6 Å². The lowest BCUT2D eigenvalue weighted by Crippen LogP contribution is -2.44. The van der Waals surface area contributed by atoms with Gasteiger partial charge in [-0.1, -0.05) is 24.3 Å². The highest BCUT2D eigenvalue weighted by Gasteiger charge is 2.26. The highest BCUT2D eigenvalue weighted by atomic mass is 35.5. The number of ether oxygens (including phenoxy) is 1. The van der Waals surface area contributed by atoms with Gasteiger partial charge in [-0.2, -0.15) is 0 Å². The van der Waals surface area contributed by atoms with Crippen LogP contribution in [-0.4, -0.2) is 47.6 Å². The Bertz CT molecular complexity index is 577. The van der Waals surface area contributed by atoms with E-state index < -0.39 is 5.97 Å². The number of piperidine rings is 1. The number of amides is 1. The van der Waals surface area contributed by atoms with Gasteiger partial charge in [0.1, 0.15) is 0 Å². The summed E-state index contributed by atoms with van der Waals surface area (Å²) in [5.41, 5.74) is 2.14. The monoisotopic (exact) mass is 384 g/mol. The fraction of sp³-hybridized carbons (Fsp3) is 0.579. The molecule has 0 radical (unpaired) electrons. The Morgan fingerprint density at radius 1 is 1.27 bits per heavy atom. The van der Waals surface area contributed by atoms with E-state index in [1.54, 1.807) is 0 Å². The van der Waals surface area contributed by atoms with E-state index in [2.05, 4.69) is 5.32 Å². The second kappa shape index (κ2) is 11.2. The van der Waals surface area contributed by atoms with Crippen LogP contribution in [0.2, 0.25) is 0 Å². The number of likely N-dealkylation sites (tertiary alicyclic amines) is 1. The molecule has 26 heavy (non-hydrogen) atoms. The predicted molar refractivity (Wildman–Crippen MR) is 102 cm³/mol. The van der Waals surface area contributed by atoms with E-state index in [1.807, 2.05) is 43.0 Å². The molecule has 1 aliphatic heterocycles. The van der Waals surface area contributed by atoms with E-state index in [-0.39, 0.29) is 36.9 Å². The first kappa shape index (κ1) is 22.4. The van der Waals surface area contributed by atoms with Gasteiger partial charge in [0.25, 0.3) is 0 Å². The summed E-state index contributed by atoms with van der Waals surface area (Å²) in [6.07, 6.45) is 1.72. The standard InChI is InChI=1S/C19H28N2O4.ClH/c1-14(2)25-13-16-7-5-15(6-8-16)10-20-18(22)12-21-9-3-4-17(11-21)19(23)24;/h5-8,14,17H,3-4,9-13H2,1-2H3,(H,20,22)(H,23,24);1H. The van der Waals surface area contributed by atoms with Crippen LogP contribution in [0.5, 0.6) is 0 Å². The highest BCUT2D eigenvalue weighted by molar-refractivity contribution is 5.85. The molecule has 0 saturated carbocycles. The SMILES string of the molecule is CC(C)OCc1ccc(CNC(=O)CN2CCCC(C(=O)O)C2)cc1.Cl. The zero-order valence-corrected chi connectivity index (χ0v) is 16.3. The molecule has 0 bridgehead atoms. The van der Waals surface area contributed by atoms with Crippen LogP contribution in [0.4, 0.5) is 0 Å². The summed E-state index contributed by atoms with van der Waals surface area (Å²) >= 11 is 0. The van der Waals surface area contributed by atoms with Crippen LogP contribution >= 0.6 is 12.4 Å². The fourth-order valence-electron chi connectivity index (χ4n) is 2.88. The van der Waals surface area contributed by atoms with Gasteiger partial charge in [0.15, 0.2) is 0 Å². The number of benzene rings is 1. The molecule has 1 fully saturated rings. The second-order valence-electron chi connectivity index (χ2n) is 6.87. The van der Waals surface area contributed by atoms with E-state index in [9.17, 15) is 9.59 Å². The van der Waals surface area contributed by atoms with Gasteiger partial charge < -0.3 is 15.2 Å². The Balaban J connectivity index is 0.00000338. The van der Waals surface area contributed by atoms with Crippen LogP contribution in [0.25, 0.3) is 0 Å². The number of carboxylic acid groups (broad SMARTS) is 1. The van der Waals surface area contributed by atoms with Crippen LogP contribution in [0.1, 0.15) is 37.8 Å². The fourth-order valence-corrected chi connectivity index (χ4v) is 2.88. The Morgan fingerprint density at radius 2 is 1.92 bits per heavy atom. The van der Waals surface area contributed by atoms with Crippen molar-refractivity contribution in [2.24, 2.45) is 5.92 Å². The molecule has 1 saturated heterocycles. The molecular formula is C19H29ClN2O4. The summed E-state index contributed by atoms with van der Waals surface area (Å²) in [4.78, 5) is 25.1. The molecule has 1 aliphatic rings. The Kier molecular flexibility index (Phi) is 9.62. The van der Waals surface area contributed by atoms with Crippen molar-refractivity contribution in [2.45, 2.75) is 45.9 Å². The van der Waals surface area contributed by atoms with E-state index in [0.717, 1.165) is 24.1 Å². The third-order valence-electron chi connectivity index (χ3n) is 4.32. The van der Waals surface area contributed by atoms with Crippen LogP contribution in [0, 0.1) is 5.92 Å². The van der Waals surface area contributed by atoms with Gasteiger partial charge in [0.05, 0.1) is 25.2 Å². The normalized spacial score (nSPS) is 17.6. The van der Waals surface area contributed by atoms with E-state index in [4.69, 9.17) is 9.84 Å². The predicted octanol–water partition coefficient (Wildman–Crippen LogP) is 2.45. The lowest BCUT2D eigenvalue weighted by molar-refractivity contribution is -0.144. The topological polar surface area (TPSA) is 78.9 Å². The van der Waals surface area contributed by atoms with Crippen molar-refractivity contribution >= 4 is 24.3 Å². The summed E-state index contributed by atoms with van der Waals surface area (Å²) in [7, 11) is 0. The molecule has 0 spiro atoms. The van der Waals surface area contributed by atoms with Gasteiger partial charge in [-0.15, -0.1) is 12.4 Å². The van der Waals surface area contributed by atoms with Gasteiger partial charge in [0.2, 0.25) is 5.91 Å². The summed E-state index contributed by atoms with van der Waals surface area (Å²) < 4.78 is 5.56. The summed E-state index contributed by atoms with van der Waals surface area (Å²) in [6, 6.07) is 7.99. The summed E-state index contributed by atoms with van der Waals surface area (Å²) in [6.45, 7) is 6.55. The number of hydrogen-bond acceptors (Lipinski definition) is 4. The molecule has 1 atom stereocenters. The second-order valence-corrected chi connectivity index (χ2v) is 6.87. The summed E-state index contributed by atoms with van der Waals surface area (Å²) in [5.74, 6) is -1.20. The minimum Gasteiger partial charge on any atom is -0.481 e. The van der Waals surface area contributed by atoms with Gasteiger partial charge >= 0.3 is 5.97 Å². The van der Waals surface area contributed by atoms with Crippen LogP contribution in [0.3, 0.4) is 0 Å². The van der Waals surface area contributed by atoms with Crippen LogP contribution in [-0.2, 0) is 27.5 Å². The largest absolute Gasteiger partial charge is 0.481 e. The Morgan fingerprint density at radius 3 is 2.54 bits per heavy atom. The van der Waals surface area contributed by atoms with Crippen molar-refractivity contribution in [1.82, 2.24) is 10.2 Å². The maximum absolute atomic E-state index is 12.1. The minimum atomic E-state index is -0.772. The molecule has 0 aromatic heterocycles. The number of hydrogen-bond donors (Lipinski definition) is 2. The molecule has 1 amide bonds. The number of nitrogens with one attached hydrogen (secondary N) is 1. The van der Waals surface area contributed by atoms with Crippen molar-refractivity contribution in [1.29, 1.82) is 0 Å². The lowest BCUT2D eigenvalue weighted by Gasteiger charge is -2.29. The number of aliphatic carboxylic acids is 1. The minimum absolute atomic E-state index is 0. The first-order chi connectivity index (χ1) is 11.9. The van der Waals surface area contributed by atoms with Crippen LogP contribution < -0.4 is 5.32 Å². The number of rotatable bonds is 8. The van der Waals surface area contributed by atoms with E-state index in [0.29, 0.717) is 26.1 Å². The molecule has 6 nitrogen and oxygen atoms in total. The van der Waals surface area contributed by atoms with Gasteiger partial charge in [-0.3, -0.25) is 14.5 Å². The first-order valence-electron chi connectivity index (χ1n) is 8.85. The quantitative estimate of drug-likeness (QED) is 0.719. The van der Waals surface area contributed by atoms with Crippen molar-refractivity contribution in [3.63, 3.8) is 0 Å². The maximum Gasteiger partial charge on any atom is 0.307 e. The van der Waals surface area contributed by atoms with Crippen molar-refractivity contribution < 1.29 is 19.4 Å². The molecule has 2 rings (SSSR count). The maximum atomic E-state index is 12.1.